The Morgan fingerprint density at radius 2 is 1.96 bits per heavy atom. The van der Waals surface area contributed by atoms with Crippen LogP contribution in [0, 0.1) is 6.92 Å². The minimum absolute atomic E-state index is 0.0230. The monoisotopic (exact) mass is 362 g/mol. The van der Waals surface area contributed by atoms with Crippen LogP contribution in [0.3, 0.4) is 0 Å². The van der Waals surface area contributed by atoms with Crippen molar-refractivity contribution in [3.05, 3.63) is 42.0 Å². The number of nitrogens with one attached hydrogen (secondary N) is 2. The number of imidazole rings is 1. The normalized spacial score (nSPS) is 16.9. The summed E-state index contributed by atoms with van der Waals surface area (Å²) in [7, 11) is 0. The summed E-state index contributed by atoms with van der Waals surface area (Å²) in [5, 5.41) is 6.51. The van der Waals surface area contributed by atoms with Crippen LogP contribution >= 0.6 is 0 Å². The molecule has 2 saturated carbocycles. The average Bonchev–Trinajstić information content (AvgIpc) is 3.34. The van der Waals surface area contributed by atoms with E-state index >= 15 is 0 Å². The summed E-state index contributed by atoms with van der Waals surface area (Å²) >= 11 is 0. The lowest BCUT2D eigenvalue weighted by Gasteiger charge is -2.26. The third-order valence-electron chi connectivity index (χ3n) is 5.42. The average molecular weight is 362 g/mol. The van der Waals surface area contributed by atoms with E-state index in [1.165, 1.54) is 19.3 Å². The number of aryl methyl sites for hydroxylation is 1. The summed E-state index contributed by atoms with van der Waals surface area (Å²) in [6.45, 7) is 2.03. The van der Waals surface area contributed by atoms with Crippen LogP contribution in [0.15, 0.2) is 30.9 Å². The van der Waals surface area contributed by atoms with Gasteiger partial charge in [0.15, 0.2) is 17.0 Å². The van der Waals surface area contributed by atoms with Crippen LogP contribution in [-0.4, -0.2) is 37.5 Å². The minimum atomic E-state index is -0.0230. The predicted molar refractivity (Wildman–Crippen MR) is 103 cm³/mol. The molecule has 0 radical (unpaired) electrons. The van der Waals surface area contributed by atoms with Gasteiger partial charge in [-0.2, -0.15) is 0 Å². The Balaban J connectivity index is 1.52. The number of hydrogen-bond acceptors (Lipinski definition) is 5. The van der Waals surface area contributed by atoms with E-state index in [4.69, 9.17) is 0 Å². The molecular weight excluding hydrogens is 340 g/mol. The Kier molecular flexibility index (Phi) is 3.81. The number of fused-ring (bicyclic) bond motifs is 1. The van der Waals surface area contributed by atoms with Crippen molar-refractivity contribution in [2.75, 3.05) is 5.32 Å². The van der Waals surface area contributed by atoms with Gasteiger partial charge in [-0.25, -0.2) is 15.0 Å². The molecule has 0 saturated heterocycles. The molecule has 7 heteroatoms. The van der Waals surface area contributed by atoms with E-state index in [0.29, 0.717) is 17.6 Å². The Labute approximate surface area is 157 Å². The van der Waals surface area contributed by atoms with Gasteiger partial charge in [-0.1, -0.05) is 6.07 Å². The Morgan fingerprint density at radius 1 is 1.11 bits per heavy atom. The highest BCUT2D eigenvalue weighted by molar-refractivity contribution is 5.95. The zero-order valence-electron chi connectivity index (χ0n) is 15.3. The van der Waals surface area contributed by atoms with Crippen molar-refractivity contribution in [3.63, 3.8) is 0 Å². The molecule has 2 fully saturated rings. The van der Waals surface area contributed by atoms with Gasteiger partial charge in [0.2, 0.25) is 0 Å². The number of nitrogens with zero attached hydrogens (tertiary/aromatic N) is 4. The summed E-state index contributed by atoms with van der Waals surface area (Å²) in [6.07, 6.45) is 9.08. The van der Waals surface area contributed by atoms with Crippen LogP contribution in [0.2, 0.25) is 0 Å². The van der Waals surface area contributed by atoms with Crippen molar-refractivity contribution in [1.29, 1.82) is 0 Å². The van der Waals surface area contributed by atoms with Gasteiger partial charge < -0.3 is 10.6 Å². The van der Waals surface area contributed by atoms with Crippen molar-refractivity contribution < 1.29 is 4.79 Å². The minimum Gasteiger partial charge on any atom is -0.365 e. The molecule has 0 spiro atoms. The van der Waals surface area contributed by atoms with Crippen LogP contribution in [0.5, 0.6) is 0 Å². The molecule has 0 unspecified atom stereocenters. The molecule has 2 aromatic heterocycles. The fraction of sp³-hybridized carbons (Fsp3) is 0.400. The number of aromatic nitrogens is 4. The zero-order chi connectivity index (χ0) is 18.4. The van der Waals surface area contributed by atoms with Gasteiger partial charge in [-0.3, -0.25) is 9.36 Å². The second kappa shape index (κ2) is 6.33. The van der Waals surface area contributed by atoms with Gasteiger partial charge in [0, 0.05) is 17.6 Å². The highest BCUT2D eigenvalue weighted by Crippen LogP contribution is 2.27. The summed E-state index contributed by atoms with van der Waals surface area (Å²) < 4.78 is 1.94. The Bertz CT molecular complexity index is 1020. The first-order valence-electron chi connectivity index (χ1n) is 9.55. The van der Waals surface area contributed by atoms with E-state index in [2.05, 4.69) is 25.6 Å². The van der Waals surface area contributed by atoms with E-state index in [9.17, 15) is 4.79 Å². The number of hydrogen-bond donors (Lipinski definition) is 2. The summed E-state index contributed by atoms with van der Waals surface area (Å²) in [6, 6.07) is 6.56. The van der Waals surface area contributed by atoms with Gasteiger partial charge in [0.05, 0.1) is 5.69 Å². The van der Waals surface area contributed by atoms with E-state index < -0.39 is 0 Å². The first-order chi connectivity index (χ1) is 13.2. The molecule has 1 aromatic carbocycles. The molecule has 2 aliphatic carbocycles. The summed E-state index contributed by atoms with van der Waals surface area (Å²) in [4.78, 5) is 25.8. The maximum atomic E-state index is 12.4. The fourth-order valence-electron chi connectivity index (χ4n) is 3.37. The molecule has 7 nitrogen and oxygen atoms in total. The quantitative estimate of drug-likeness (QED) is 0.729. The molecule has 3 aromatic rings. The Hall–Kier alpha value is -2.96. The van der Waals surface area contributed by atoms with Crippen LogP contribution in [0.4, 0.5) is 5.82 Å². The van der Waals surface area contributed by atoms with Crippen LogP contribution in [0.1, 0.15) is 48.0 Å². The van der Waals surface area contributed by atoms with Crippen molar-refractivity contribution in [2.45, 2.75) is 51.1 Å². The molecule has 2 aliphatic rings. The predicted octanol–water partition coefficient (Wildman–Crippen LogP) is 2.98. The fourth-order valence-corrected chi connectivity index (χ4v) is 3.37. The molecule has 0 bridgehead atoms. The maximum absolute atomic E-state index is 12.4. The summed E-state index contributed by atoms with van der Waals surface area (Å²) in [5.41, 5.74) is 4.14. The number of carbonyl (C=O) groups excluding carboxylic acids is 1. The molecule has 0 aliphatic heterocycles. The first kappa shape index (κ1) is 16.2. The lowest BCUT2D eigenvalue weighted by molar-refractivity contribution is 0.0951. The van der Waals surface area contributed by atoms with E-state index in [-0.39, 0.29) is 5.91 Å². The number of rotatable bonds is 5. The second-order valence-electron chi connectivity index (χ2n) is 7.53. The lowest BCUT2D eigenvalue weighted by atomic mass is 9.93. The molecule has 138 valence electrons. The van der Waals surface area contributed by atoms with E-state index in [1.807, 2.05) is 29.7 Å². The molecule has 0 atom stereocenters. The van der Waals surface area contributed by atoms with Crippen molar-refractivity contribution in [2.24, 2.45) is 0 Å². The maximum Gasteiger partial charge on any atom is 0.251 e. The topological polar surface area (TPSA) is 84.7 Å². The molecule has 2 heterocycles. The molecule has 2 N–H and O–H groups in total. The van der Waals surface area contributed by atoms with Gasteiger partial charge >= 0.3 is 0 Å². The number of anilines is 1. The number of amides is 1. The number of benzene rings is 1. The van der Waals surface area contributed by atoms with E-state index in [1.54, 1.807) is 12.7 Å². The molecule has 5 rings (SSSR count). The highest BCUT2D eigenvalue weighted by atomic mass is 16.1. The summed E-state index contributed by atoms with van der Waals surface area (Å²) in [5.74, 6) is 0.758. The van der Waals surface area contributed by atoms with Gasteiger partial charge in [0.1, 0.15) is 12.7 Å². The zero-order valence-corrected chi connectivity index (χ0v) is 15.3. The van der Waals surface area contributed by atoms with Gasteiger partial charge in [0.25, 0.3) is 5.91 Å². The van der Waals surface area contributed by atoms with Crippen molar-refractivity contribution >= 4 is 22.9 Å². The third kappa shape index (κ3) is 3.03. The van der Waals surface area contributed by atoms with Crippen molar-refractivity contribution in [1.82, 2.24) is 24.8 Å². The molecule has 1 amide bonds. The van der Waals surface area contributed by atoms with Crippen molar-refractivity contribution in [3.8, 4) is 5.69 Å². The van der Waals surface area contributed by atoms with Crippen LogP contribution in [0.25, 0.3) is 16.9 Å². The molecule has 27 heavy (non-hydrogen) atoms. The molecular formula is C20H22N6O. The number of carbonyl (C=O) groups is 1. The van der Waals surface area contributed by atoms with E-state index in [0.717, 1.165) is 41.1 Å². The lowest BCUT2D eigenvalue weighted by Crippen LogP contribution is -2.27. The van der Waals surface area contributed by atoms with Gasteiger partial charge in [-0.05, 0) is 56.7 Å². The Morgan fingerprint density at radius 3 is 2.70 bits per heavy atom. The largest absolute Gasteiger partial charge is 0.365 e. The first-order valence-corrected chi connectivity index (χ1v) is 9.55. The van der Waals surface area contributed by atoms with Crippen LogP contribution < -0.4 is 10.6 Å². The smallest absolute Gasteiger partial charge is 0.251 e. The highest BCUT2D eigenvalue weighted by Gasteiger charge is 2.24. The second-order valence-corrected chi connectivity index (χ2v) is 7.53. The third-order valence-corrected chi connectivity index (χ3v) is 5.42. The van der Waals surface area contributed by atoms with Gasteiger partial charge in [-0.15, -0.1) is 0 Å². The SMILES string of the molecule is Cc1ccc(C(=O)NC2CC2)cc1-n1cnc2c(NC3CCC3)ncnc21. The standard InChI is InChI=1S/C20H22N6O/c1-12-5-6-13(20(27)25-15-7-8-15)9-16(12)26-11-23-17-18(21-10-22-19(17)26)24-14-3-2-4-14/h5-6,9-11,14-15H,2-4,7-8H2,1H3,(H,25,27)(H,21,22,24). The van der Waals surface area contributed by atoms with Crippen LogP contribution in [-0.2, 0) is 0 Å².